The summed E-state index contributed by atoms with van der Waals surface area (Å²) < 4.78 is 39.3. The molecule has 0 unspecified atom stereocenters. The highest BCUT2D eigenvalue weighted by Gasteiger charge is 2.07. The molecule has 5 heteroatoms. The summed E-state index contributed by atoms with van der Waals surface area (Å²) in [4.78, 5) is 0. The van der Waals surface area contributed by atoms with Crippen molar-refractivity contribution in [3.05, 3.63) is 64.4 Å². The van der Waals surface area contributed by atoms with Gasteiger partial charge < -0.3 is 5.32 Å². The number of benzene rings is 2. The fourth-order valence-corrected chi connectivity index (χ4v) is 1.80. The monoisotopic (exact) mass is 271 g/mol. The van der Waals surface area contributed by atoms with Crippen LogP contribution in [0.1, 0.15) is 5.56 Å². The van der Waals surface area contributed by atoms with Gasteiger partial charge in [-0.1, -0.05) is 17.7 Å². The zero-order valence-electron chi connectivity index (χ0n) is 9.18. The summed E-state index contributed by atoms with van der Waals surface area (Å²) in [6.07, 6.45) is 0. The normalized spacial score (nSPS) is 10.4. The second-order valence-corrected chi connectivity index (χ2v) is 4.14. The van der Waals surface area contributed by atoms with Gasteiger partial charge in [-0.25, -0.2) is 13.2 Å². The minimum Gasteiger partial charge on any atom is -0.377 e. The molecule has 94 valence electrons. The molecule has 1 nitrogen and oxygen atoms in total. The first-order valence-electron chi connectivity index (χ1n) is 5.19. The Kier molecular flexibility index (Phi) is 3.77. The Hall–Kier alpha value is -1.68. The van der Waals surface area contributed by atoms with Gasteiger partial charge in [0.2, 0.25) is 0 Å². The highest BCUT2D eigenvalue weighted by atomic mass is 35.5. The van der Waals surface area contributed by atoms with E-state index < -0.39 is 17.5 Å². The Labute approximate surface area is 107 Å². The Morgan fingerprint density at radius 1 is 1.00 bits per heavy atom. The van der Waals surface area contributed by atoms with Crippen LogP contribution in [0, 0.1) is 17.5 Å². The van der Waals surface area contributed by atoms with Crippen LogP contribution < -0.4 is 5.32 Å². The maximum Gasteiger partial charge on any atom is 0.147 e. The first kappa shape index (κ1) is 12.8. The largest absolute Gasteiger partial charge is 0.377 e. The number of hydrogen-bond donors (Lipinski definition) is 1. The standard InChI is InChI=1S/C13H9ClF3N/c14-11-2-1-3-12(17)13(11)18-7-8-4-9(15)6-10(16)5-8/h1-6,18H,7H2. The van der Waals surface area contributed by atoms with Crippen molar-refractivity contribution >= 4 is 17.3 Å². The molecule has 0 saturated heterocycles. The zero-order chi connectivity index (χ0) is 13.1. The van der Waals surface area contributed by atoms with Crippen molar-refractivity contribution < 1.29 is 13.2 Å². The van der Waals surface area contributed by atoms with Crippen LogP contribution >= 0.6 is 11.6 Å². The van der Waals surface area contributed by atoms with Crippen molar-refractivity contribution in [2.45, 2.75) is 6.54 Å². The highest BCUT2D eigenvalue weighted by Crippen LogP contribution is 2.25. The molecule has 18 heavy (non-hydrogen) atoms. The van der Waals surface area contributed by atoms with Gasteiger partial charge in [0.25, 0.3) is 0 Å². The van der Waals surface area contributed by atoms with E-state index in [1.54, 1.807) is 0 Å². The third-order valence-electron chi connectivity index (χ3n) is 2.35. The fraction of sp³-hybridized carbons (Fsp3) is 0.0769. The van der Waals surface area contributed by atoms with Crippen LogP contribution in [0.4, 0.5) is 18.9 Å². The molecule has 1 N–H and O–H groups in total. The van der Waals surface area contributed by atoms with Crippen molar-refractivity contribution in [1.29, 1.82) is 0 Å². The molecule has 2 aromatic rings. The van der Waals surface area contributed by atoms with Crippen LogP contribution in [-0.2, 0) is 6.54 Å². The maximum atomic E-state index is 13.4. The summed E-state index contributed by atoms with van der Waals surface area (Å²) >= 11 is 5.81. The molecule has 0 aliphatic rings. The molecule has 0 fully saturated rings. The lowest BCUT2D eigenvalue weighted by molar-refractivity contribution is 0.580. The molecule has 0 radical (unpaired) electrons. The van der Waals surface area contributed by atoms with E-state index in [1.807, 2.05) is 0 Å². The minimum atomic E-state index is -0.675. The number of para-hydroxylation sites is 1. The van der Waals surface area contributed by atoms with Gasteiger partial charge in [-0.2, -0.15) is 0 Å². The van der Waals surface area contributed by atoms with Gasteiger partial charge in [-0.3, -0.25) is 0 Å². The molecule has 0 atom stereocenters. The zero-order valence-corrected chi connectivity index (χ0v) is 9.94. The SMILES string of the molecule is Fc1cc(F)cc(CNc2c(F)cccc2Cl)c1. The third-order valence-corrected chi connectivity index (χ3v) is 2.67. The maximum absolute atomic E-state index is 13.4. The summed E-state index contributed by atoms with van der Waals surface area (Å²) in [7, 11) is 0. The van der Waals surface area contributed by atoms with Crippen molar-refractivity contribution in [2.24, 2.45) is 0 Å². The van der Waals surface area contributed by atoms with E-state index in [0.29, 0.717) is 5.56 Å². The molecule has 0 bridgehead atoms. The quantitative estimate of drug-likeness (QED) is 0.874. The minimum absolute atomic E-state index is 0.0787. The fourth-order valence-electron chi connectivity index (χ4n) is 1.57. The first-order chi connectivity index (χ1) is 8.56. The summed E-state index contributed by atoms with van der Waals surface area (Å²) in [5.74, 6) is -1.86. The van der Waals surface area contributed by atoms with Crippen molar-refractivity contribution in [2.75, 3.05) is 5.32 Å². The average Bonchev–Trinajstić information content (AvgIpc) is 2.27. The second-order valence-electron chi connectivity index (χ2n) is 3.73. The van der Waals surface area contributed by atoms with E-state index >= 15 is 0 Å². The number of hydrogen-bond acceptors (Lipinski definition) is 1. The van der Waals surface area contributed by atoms with Crippen LogP contribution in [0.2, 0.25) is 5.02 Å². The lowest BCUT2D eigenvalue weighted by Crippen LogP contribution is -2.03. The van der Waals surface area contributed by atoms with Gasteiger partial charge in [0.15, 0.2) is 0 Å². The Morgan fingerprint density at radius 2 is 1.67 bits per heavy atom. The second kappa shape index (κ2) is 5.31. The lowest BCUT2D eigenvalue weighted by Gasteiger charge is -2.09. The Bertz CT molecular complexity index is 532. The number of anilines is 1. The van der Waals surface area contributed by atoms with Crippen LogP contribution in [-0.4, -0.2) is 0 Å². The number of rotatable bonds is 3. The molecule has 0 amide bonds. The van der Waals surface area contributed by atoms with Crippen LogP contribution in [0.15, 0.2) is 36.4 Å². The predicted molar refractivity (Wildman–Crippen MR) is 65.1 cm³/mol. The highest BCUT2D eigenvalue weighted by molar-refractivity contribution is 6.33. The molecule has 2 rings (SSSR count). The van der Waals surface area contributed by atoms with E-state index in [0.717, 1.165) is 6.07 Å². The molecular formula is C13H9ClF3N. The van der Waals surface area contributed by atoms with Crippen LogP contribution in [0.5, 0.6) is 0 Å². The number of nitrogens with one attached hydrogen (secondary N) is 1. The van der Waals surface area contributed by atoms with Gasteiger partial charge in [0, 0.05) is 12.6 Å². The molecule has 0 heterocycles. The Morgan fingerprint density at radius 3 is 2.28 bits per heavy atom. The average molecular weight is 272 g/mol. The van der Waals surface area contributed by atoms with E-state index in [1.165, 1.54) is 30.3 Å². The topological polar surface area (TPSA) is 12.0 Å². The lowest BCUT2D eigenvalue weighted by atomic mass is 10.2. The summed E-state index contributed by atoms with van der Waals surface area (Å²) in [6.45, 7) is 0.0787. The summed E-state index contributed by atoms with van der Waals surface area (Å²) in [5, 5.41) is 2.93. The van der Waals surface area contributed by atoms with Gasteiger partial charge >= 0.3 is 0 Å². The summed E-state index contributed by atoms with van der Waals surface area (Å²) in [6, 6.07) is 7.37. The van der Waals surface area contributed by atoms with Crippen molar-refractivity contribution in [3.63, 3.8) is 0 Å². The first-order valence-corrected chi connectivity index (χ1v) is 5.57. The van der Waals surface area contributed by atoms with Crippen molar-refractivity contribution in [3.8, 4) is 0 Å². The molecule has 0 aliphatic heterocycles. The van der Waals surface area contributed by atoms with Gasteiger partial charge in [0.05, 0.1) is 10.7 Å². The van der Waals surface area contributed by atoms with Gasteiger partial charge in [0.1, 0.15) is 17.5 Å². The van der Waals surface area contributed by atoms with Crippen molar-refractivity contribution in [1.82, 2.24) is 0 Å². The molecule has 0 spiro atoms. The smallest absolute Gasteiger partial charge is 0.147 e. The van der Waals surface area contributed by atoms with Gasteiger partial charge in [-0.05, 0) is 29.8 Å². The predicted octanol–water partition coefficient (Wildman–Crippen LogP) is 4.37. The molecular weight excluding hydrogens is 263 g/mol. The van der Waals surface area contributed by atoms with E-state index in [9.17, 15) is 13.2 Å². The van der Waals surface area contributed by atoms with Crippen LogP contribution in [0.25, 0.3) is 0 Å². The molecule has 0 aliphatic carbocycles. The van der Waals surface area contributed by atoms with Gasteiger partial charge in [-0.15, -0.1) is 0 Å². The van der Waals surface area contributed by atoms with Crippen LogP contribution in [0.3, 0.4) is 0 Å². The summed E-state index contributed by atoms with van der Waals surface area (Å²) in [5.41, 5.74) is 0.482. The molecule has 2 aromatic carbocycles. The molecule has 0 saturated carbocycles. The van der Waals surface area contributed by atoms with E-state index in [4.69, 9.17) is 11.6 Å². The van der Waals surface area contributed by atoms with E-state index in [-0.39, 0.29) is 17.3 Å². The van der Waals surface area contributed by atoms with E-state index in [2.05, 4.69) is 5.32 Å². The Balaban J connectivity index is 2.16. The third kappa shape index (κ3) is 2.96. The molecule has 0 aromatic heterocycles. The number of halogens is 4.